The molecule has 0 amide bonds. The van der Waals surface area contributed by atoms with E-state index in [1.54, 1.807) is 14.2 Å². The summed E-state index contributed by atoms with van der Waals surface area (Å²) < 4.78 is 16.3. The maximum Gasteiger partial charge on any atom is 0.311 e. The third kappa shape index (κ3) is 3.68. The Morgan fingerprint density at radius 2 is 1.38 bits per heavy atom. The lowest BCUT2D eigenvalue weighted by molar-refractivity contribution is -0.144. The van der Waals surface area contributed by atoms with Crippen LogP contribution in [0.4, 0.5) is 0 Å². The SMILES string of the molecule is COc1ccc([C@H]2OC(=O)C(CN(C)C)[C@H]2c2ccc(OC)cc2)cc1. The van der Waals surface area contributed by atoms with E-state index in [0.29, 0.717) is 6.54 Å². The minimum absolute atomic E-state index is 0.0517. The number of hydrogen-bond donors (Lipinski definition) is 0. The molecule has 0 aromatic heterocycles. The van der Waals surface area contributed by atoms with Crippen molar-refractivity contribution in [2.75, 3.05) is 34.9 Å². The van der Waals surface area contributed by atoms with Crippen LogP contribution in [0.1, 0.15) is 23.1 Å². The molecule has 0 radical (unpaired) electrons. The third-order valence-corrected chi connectivity index (χ3v) is 4.81. The molecule has 0 saturated carbocycles. The van der Waals surface area contributed by atoms with Crippen molar-refractivity contribution in [1.29, 1.82) is 0 Å². The van der Waals surface area contributed by atoms with Crippen molar-refractivity contribution >= 4 is 5.97 Å². The zero-order valence-corrected chi connectivity index (χ0v) is 15.6. The van der Waals surface area contributed by atoms with Gasteiger partial charge in [-0.1, -0.05) is 24.3 Å². The fourth-order valence-electron chi connectivity index (χ4n) is 3.53. The molecule has 1 saturated heterocycles. The van der Waals surface area contributed by atoms with Crippen LogP contribution < -0.4 is 9.47 Å². The molecule has 0 spiro atoms. The molecule has 1 heterocycles. The number of esters is 1. The van der Waals surface area contributed by atoms with E-state index in [1.165, 1.54) is 0 Å². The smallest absolute Gasteiger partial charge is 0.311 e. The van der Waals surface area contributed by atoms with Gasteiger partial charge < -0.3 is 19.1 Å². The van der Waals surface area contributed by atoms with Crippen LogP contribution in [0.3, 0.4) is 0 Å². The summed E-state index contributed by atoms with van der Waals surface area (Å²) in [6.07, 6.45) is -0.313. The summed E-state index contributed by atoms with van der Waals surface area (Å²) >= 11 is 0. The first kappa shape index (κ1) is 18.3. The molecule has 0 N–H and O–H groups in total. The van der Waals surface area contributed by atoms with E-state index in [4.69, 9.17) is 14.2 Å². The molecule has 5 heteroatoms. The number of carbonyl (C=O) groups is 1. The average Bonchev–Trinajstić information content (AvgIpc) is 2.97. The fraction of sp³-hybridized carbons (Fsp3) is 0.381. The van der Waals surface area contributed by atoms with Gasteiger partial charge in [-0.2, -0.15) is 0 Å². The number of cyclic esters (lactones) is 1. The van der Waals surface area contributed by atoms with Gasteiger partial charge in [-0.15, -0.1) is 0 Å². The highest BCUT2D eigenvalue weighted by Crippen LogP contribution is 2.46. The van der Waals surface area contributed by atoms with Gasteiger partial charge in [-0.25, -0.2) is 0 Å². The molecule has 2 aromatic carbocycles. The minimum atomic E-state index is -0.313. The lowest BCUT2D eigenvalue weighted by atomic mass is 9.81. The number of ether oxygens (including phenoxy) is 3. The standard InChI is InChI=1S/C21H25NO4/c1-22(2)13-18-19(14-5-9-16(24-3)10-6-14)20(26-21(18)23)15-7-11-17(25-4)12-8-15/h5-12,18-20H,13H2,1-4H3/t18?,19-,20-/m1/s1. The van der Waals surface area contributed by atoms with Gasteiger partial charge in [-0.05, 0) is 49.5 Å². The molecule has 0 bridgehead atoms. The maximum absolute atomic E-state index is 12.6. The number of rotatable bonds is 6. The molecular weight excluding hydrogens is 330 g/mol. The Morgan fingerprint density at radius 3 is 1.85 bits per heavy atom. The fourth-order valence-corrected chi connectivity index (χ4v) is 3.53. The van der Waals surface area contributed by atoms with Crippen molar-refractivity contribution in [2.45, 2.75) is 12.0 Å². The summed E-state index contributed by atoms with van der Waals surface area (Å²) in [5, 5.41) is 0. The summed E-state index contributed by atoms with van der Waals surface area (Å²) in [7, 11) is 7.22. The van der Waals surface area contributed by atoms with Gasteiger partial charge in [0.05, 0.1) is 20.1 Å². The minimum Gasteiger partial charge on any atom is -0.497 e. The van der Waals surface area contributed by atoms with Gasteiger partial charge in [-0.3, -0.25) is 4.79 Å². The molecule has 5 nitrogen and oxygen atoms in total. The van der Waals surface area contributed by atoms with E-state index in [1.807, 2.05) is 67.5 Å². The summed E-state index contributed by atoms with van der Waals surface area (Å²) in [6.45, 7) is 0.641. The number of benzene rings is 2. The quantitative estimate of drug-likeness (QED) is 0.745. The highest BCUT2D eigenvalue weighted by molar-refractivity contribution is 5.77. The molecule has 0 aliphatic carbocycles. The van der Waals surface area contributed by atoms with Crippen molar-refractivity contribution < 1.29 is 19.0 Å². The molecular formula is C21H25NO4. The van der Waals surface area contributed by atoms with Crippen LogP contribution in [0.5, 0.6) is 11.5 Å². The number of methoxy groups -OCH3 is 2. The predicted molar refractivity (Wildman–Crippen MR) is 99.6 cm³/mol. The van der Waals surface area contributed by atoms with E-state index < -0.39 is 0 Å². The lowest BCUT2D eigenvalue weighted by Gasteiger charge is -2.24. The first-order chi connectivity index (χ1) is 12.5. The Morgan fingerprint density at radius 1 is 0.885 bits per heavy atom. The molecule has 1 aliphatic rings. The van der Waals surface area contributed by atoms with Crippen LogP contribution in [0.2, 0.25) is 0 Å². The second-order valence-electron chi connectivity index (χ2n) is 6.80. The van der Waals surface area contributed by atoms with Crippen molar-refractivity contribution in [3.8, 4) is 11.5 Å². The molecule has 26 heavy (non-hydrogen) atoms. The van der Waals surface area contributed by atoms with Crippen LogP contribution in [-0.2, 0) is 9.53 Å². The summed E-state index contributed by atoms with van der Waals surface area (Å²) in [5.41, 5.74) is 2.05. The van der Waals surface area contributed by atoms with Gasteiger partial charge in [0, 0.05) is 12.5 Å². The Balaban J connectivity index is 1.98. The molecule has 3 atom stereocenters. The second kappa shape index (κ2) is 7.79. The van der Waals surface area contributed by atoms with Crippen LogP contribution in [0.25, 0.3) is 0 Å². The van der Waals surface area contributed by atoms with E-state index in [2.05, 4.69) is 0 Å². The Labute approximate surface area is 154 Å². The Kier molecular flexibility index (Phi) is 5.47. The average molecular weight is 355 g/mol. The number of carbonyl (C=O) groups excluding carboxylic acids is 1. The predicted octanol–water partition coefficient (Wildman–Crippen LogP) is 3.26. The maximum atomic E-state index is 12.6. The zero-order chi connectivity index (χ0) is 18.7. The van der Waals surface area contributed by atoms with E-state index in [9.17, 15) is 4.79 Å². The van der Waals surface area contributed by atoms with E-state index in [0.717, 1.165) is 22.6 Å². The highest BCUT2D eigenvalue weighted by atomic mass is 16.6. The van der Waals surface area contributed by atoms with Gasteiger partial charge in [0.15, 0.2) is 0 Å². The summed E-state index contributed by atoms with van der Waals surface area (Å²) in [6, 6.07) is 15.6. The Hall–Kier alpha value is -2.53. The lowest BCUT2D eigenvalue weighted by Crippen LogP contribution is -2.28. The molecule has 138 valence electrons. The summed E-state index contributed by atoms with van der Waals surface area (Å²) in [5.74, 6) is 1.16. The first-order valence-electron chi connectivity index (χ1n) is 8.66. The van der Waals surface area contributed by atoms with Gasteiger partial charge in [0.25, 0.3) is 0 Å². The van der Waals surface area contributed by atoms with Crippen LogP contribution >= 0.6 is 0 Å². The van der Waals surface area contributed by atoms with Gasteiger partial charge >= 0.3 is 5.97 Å². The second-order valence-corrected chi connectivity index (χ2v) is 6.80. The van der Waals surface area contributed by atoms with Crippen LogP contribution in [0.15, 0.2) is 48.5 Å². The van der Waals surface area contributed by atoms with Crippen molar-refractivity contribution in [3.63, 3.8) is 0 Å². The third-order valence-electron chi connectivity index (χ3n) is 4.81. The molecule has 2 aromatic rings. The normalized spacial score (nSPS) is 22.3. The van der Waals surface area contributed by atoms with Crippen LogP contribution in [0, 0.1) is 5.92 Å². The topological polar surface area (TPSA) is 48.0 Å². The molecule has 3 rings (SSSR count). The van der Waals surface area contributed by atoms with Crippen molar-refractivity contribution in [3.05, 3.63) is 59.7 Å². The highest BCUT2D eigenvalue weighted by Gasteiger charge is 2.46. The first-order valence-corrected chi connectivity index (χ1v) is 8.66. The summed E-state index contributed by atoms with van der Waals surface area (Å²) in [4.78, 5) is 14.7. The Bertz CT molecular complexity index is 740. The molecule has 1 unspecified atom stereocenters. The number of nitrogens with zero attached hydrogens (tertiary/aromatic N) is 1. The van der Waals surface area contributed by atoms with E-state index in [-0.39, 0.29) is 23.9 Å². The van der Waals surface area contributed by atoms with Crippen LogP contribution in [-0.4, -0.2) is 45.7 Å². The van der Waals surface area contributed by atoms with Gasteiger partial charge in [0.1, 0.15) is 17.6 Å². The van der Waals surface area contributed by atoms with E-state index >= 15 is 0 Å². The van der Waals surface area contributed by atoms with Crippen molar-refractivity contribution in [1.82, 2.24) is 4.90 Å². The monoisotopic (exact) mass is 355 g/mol. The number of hydrogen-bond acceptors (Lipinski definition) is 5. The zero-order valence-electron chi connectivity index (χ0n) is 15.6. The molecule has 1 aliphatic heterocycles. The largest absolute Gasteiger partial charge is 0.497 e. The molecule has 1 fully saturated rings. The van der Waals surface area contributed by atoms with Crippen molar-refractivity contribution in [2.24, 2.45) is 5.92 Å². The van der Waals surface area contributed by atoms with Gasteiger partial charge in [0.2, 0.25) is 0 Å².